The van der Waals surface area contributed by atoms with E-state index in [1.165, 1.54) is 5.39 Å². The molecule has 0 aliphatic heterocycles. The monoisotopic (exact) mass is 177 g/mol. The highest BCUT2D eigenvalue weighted by atomic mass is 32.1. The van der Waals surface area contributed by atoms with Crippen molar-refractivity contribution < 1.29 is 0 Å². The van der Waals surface area contributed by atoms with Crippen LogP contribution >= 0.6 is 13.5 Å². The van der Waals surface area contributed by atoms with Crippen LogP contribution in [0.5, 0.6) is 0 Å². The first-order valence-electron chi connectivity index (χ1n) is 3.69. The molecule has 1 nitrogen and oxygen atoms in total. The maximum absolute atomic E-state index is 4.38. The number of pyridine rings is 1. The van der Waals surface area contributed by atoms with Gasteiger partial charge in [0.15, 0.2) is 0 Å². The van der Waals surface area contributed by atoms with Crippen molar-refractivity contribution in [2.45, 2.75) is 6.92 Å². The molecule has 2 heteroatoms. The quantitative estimate of drug-likeness (QED) is 0.603. The fourth-order valence-corrected chi connectivity index (χ4v) is 1.17. The summed E-state index contributed by atoms with van der Waals surface area (Å²) in [4.78, 5) is 4.38. The van der Waals surface area contributed by atoms with E-state index in [9.17, 15) is 0 Å². The highest BCUT2D eigenvalue weighted by Gasteiger charge is 1.90. The number of benzene rings is 1. The molecule has 0 N–H and O–H groups in total. The van der Waals surface area contributed by atoms with Gasteiger partial charge in [-0.2, -0.15) is 13.5 Å². The molecule has 0 radical (unpaired) electrons. The lowest BCUT2D eigenvalue weighted by molar-refractivity contribution is 1.26. The first-order chi connectivity index (χ1) is 5.36. The smallest absolute Gasteiger partial charge is 0.0705 e. The van der Waals surface area contributed by atoms with E-state index in [-0.39, 0.29) is 13.5 Å². The van der Waals surface area contributed by atoms with Crippen LogP contribution in [0.4, 0.5) is 0 Å². The fourth-order valence-electron chi connectivity index (χ4n) is 1.17. The number of rotatable bonds is 0. The van der Waals surface area contributed by atoms with Crippen molar-refractivity contribution in [3.05, 3.63) is 42.1 Å². The maximum atomic E-state index is 4.38. The summed E-state index contributed by atoms with van der Waals surface area (Å²) in [5.74, 6) is 0. The minimum Gasteiger partial charge on any atom is -0.253 e. The predicted octanol–water partition coefficient (Wildman–Crippen LogP) is 2.66. The van der Waals surface area contributed by atoms with Crippen molar-refractivity contribution in [1.29, 1.82) is 0 Å². The van der Waals surface area contributed by atoms with Crippen LogP contribution in [0.25, 0.3) is 10.9 Å². The summed E-state index contributed by atoms with van der Waals surface area (Å²) in [6, 6.07) is 12.3. The van der Waals surface area contributed by atoms with Gasteiger partial charge in [-0.15, -0.1) is 0 Å². The number of hydrogen-bond acceptors (Lipinski definition) is 1. The molecule has 1 aromatic carbocycles. The Morgan fingerprint density at radius 3 is 2.58 bits per heavy atom. The van der Waals surface area contributed by atoms with Crippen LogP contribution < -0.4 is 0 Å². The van der Waals surface area contributed by atoms with E-state index in [1.807, 2.05) is 31.2 Å². The number of aromatic nitrogens is 1. The van der Waals surface area contributed by atoms with Crippen LogP contribution in [-0.4, -0.2) is 4.98 Å². The Labute approximate surface area is 78.9 Å². The second-order valence-electron chi connectivity index (χ2n) is 2.65. The molecular formula is C10H11NS. The van der Waals surface area contributed by atoms with Crippen LogP contribution in [0.1, 0.15) is 5.69 Å². The molecule has 0 spiro atoms. The van der Waals surface area contributed by atoms with E-state index in [0.717, 1.165) is 11.2 Å². The Hall–Kier alpha value is -1.02. The lowest BCUT2D eigenvalue weighted by atomic mass is 10.2. The highest BCUT2D eigenvalue weighted by molar-refractivity contribution is 7.59. The predicted molar refractivity (Wildman–Crippen MR) is 56.9 cm³/mol. The van der Waals surface area contributed by atoms with Gasteiger partial charge in [0.05, 0.1) is 5.52 Å². The van der Waals surface area contributed by atoms with E-state index in [2.05, 4.69) is 17.1 Å². The molecule has 0 fully saturated rings. The van der Waals surface area contributed by atoms with E-state index in [4.69, 9.17) is 0 Å². The molecule has 0 unspecified atom stereocenters. The first kappa shape index (κ1) is 9.07. The van der Waals surface area contributed by atoms with Crippen molar-refractivity contribution >= 4 is 24.4 Å². The molecule has 0 saturated carbocycles. The molecule has 62 valence electrons. The lowest BCUT2D eigenvalue weighted by Gasteiger charge is -1.95. The van der Waals surface area contributed by atoms with Gasteiger partial charge >= 0.3 is 0 Å². The highest BCUT2D eigenvalue weighted by Crippen LogP contribution is 2.10. The minimum absolute atomic E-state index is 0. The van der Waals surface area contributed by atoms with Crippen molar-refractivity contribution in [2.75, 3.05) is 0 Å². The van der Waals surface area contributed by atoms with Gasteiger partial charge in [-0.1, -0.05) is 24.3 Å². The molecule has 0 bridgehead atoms. The van der Waals surface area contributed by atoms with Crippen LogP contribution in [0, 0.1) is 6.92 Å². The molecule has 0 atom stereocenters. The van der Waals surface area contributed by atoms with Crippen LogP contribution in [-0.2, 0) is 0 Å². The standard InChI is InChI=1S/C10H9N.H2S/c1-8-6-7-9-4-2-3-5-10(9)11-8;/h2-7H,1H3;1H2. The molecule has 0 aliphatic carbocycles. The summed E-state index contributed by atoms with van der Waals surface area (Å²) in [6.07, 6.45) is 0. The summed E-state index contributed by atoms with van der Waals surface area (Å²) in [5, 5.41) is 1.21. The summed E-state index contributed by atoms with van der Waals surface area (Å²) >= 11 is 0. The molecule has 2 rings (SSSR count). The normalized spacial score (nSPS) is 9.42. The Kier molecular flexibility index (Phi) is 2.71. The number of aryl methyl sites for hydroxylation is 1. The fraction of sp³-hybridized carbons (Fsp3) is 0.100. The average molecular weight is 177 g/mol. The largest absolute Gasteiger partial charge is 0.253 e. The van der Waals surface area contributed by atoms with Gasteiger partial charge in [0, 0.05) is 11.1 Å². The van der Waals surface area contributed by atoms with Crippen molar-refractivity contribution in [3.63, 3.8) is 0 Å². The zero-order valence-corrected chi connectivity index (χ0v) is 7.91. The summed E-state index contributed by atoms with van der Waals surface area (Å²) < 4.78 is 0. The van der Waals surface area contributed by atoms with Gasteiger partial charge in [-0.3, -0.25) is 4.98 Å². The zero-order valence-electron chi connectivity index (χ0n) is 6.91. The van der Waals surface area contributed by atoms with Gasteiger partial charge in [0.1, 0.15) is 0 Å². The lowest BCUT2D eigenvalue weighted by Crippen LogP contribution is -1.80. The molecule has 1 aromatic heterocycles. The summed E-state index contributed by atoms with van der Waals surface area (Å²) in [5.41, 5.74) is 2.15. The Balaban J connectivity index is 0.000000720. The first-order valence-corrected chi connectivity index (χ1v) is 3.69. The van der Waals surface area contributed by atoms with Gasteiger partial charge < -0.3 is 0 Å². The average Bonchev–Trinajstić information content (AvgIpc) is 2.04. The van der Waals surface area contributed by atoms with Crippen LogP contribution in [0.15, 0.2) is 36.4 Å². The number of hydrogen-bond donors (Lipinski definition) is 0. The van der Waals surface area contributed by atoms with E-state index in [1.54, 1.807) is 0 Å². The zero-order chi connectivity index (χ0) is 7.68. The van der Waals surface area contributed by atoms with Crippen LogP contribution in [0.2, 0.25) is 0 Å². The third kappa shape index (κ3) is 1.59. The SMILES string of the molecule is Cc1ccc2ccccc2n1.S. The summed E-state index contributed by atoms with van der Waals surface area (Å²) in [6.45, 7) is 2.01. The van der Waals surface area contributed by atoms with E-state index in [0.29, 0.717) is 0 Å². The van der Waals surface area contributed by atoms with Crippen molar-refractivity contribution in [2.24, 2.45) is 0 Å². The number of fused-ring (bicyclic) bond motifs is 1. The summed E-state index contributed by atoms with van der Waals surface area (Å²) in [7, 11) is 0. The van der Waals surface area contributed by atoms with E-state index >= 15 is 0 Å². The second kappa shape index (κ2) is 3.59. The molecular weight excluding hydrogens is 166 g/mol. The molecule has 0 saturated heterocycles. The van der Waals surface area contributed by atoms with Crippen molar-refractivity contribution in [3.8, 4) is 0 Å². The molecule has 0 amide bonds. The molecule has 0 aliphatic rings. The second-order valence-corrected chi connectivity index (χ2v) is 2.65. The van der Waals surface area contributed by atoms with Gasteiger partial charge in [-0.05, 0) is 19.1 Å². The molecule has 12 heavy (non-hydrogen) atoms. The van der Waals surface area contributed by atoms with Gasteiger partial charge in [0.2, 0.25) is 0 Å². The minimum atomic E-state index is 0. The van der Waals surface area contributed by atoms with Crippen molar-refractivity contribution in [1.82, 2.24) is 4.98 Å². The Bertz CT molecular complexity index is 384. The Morgan fingerprint density at radius 2 is 1.75 bits per heavy atom. The van der Waals surface area contributed by atoms with E-state index < -0.39 is 0 Å². The number of nitrogens with zero attached hydrogens (tertiary/aromatic N) is 1. The number of para-hydroxylation sites is 1. The molecule has 1 heterocycles. The van der Waals surface area contributed by atoms with Crippen LogP contribution in [0.3, 0.4) is 0 Å². The third-order valence-corrected chi connectivity index (χ3v) is 1.74. The maximum Gasteiger partial charge on any atom is 0.0705 e. The molecule has 2 aromatic rings. The Morgan fingerprint density at radius 1 is 1.00 bits per heavy atom. The van der Waals surface area contributed by atoms with Gasteiger partial charge in [0.25, 0.3) is 0 Å². The van der Waals surface area contributed by atoms with Gasteiger partial charge in [-0.25, -0.2) is 0 Å². The third-order valence-electron chi connectivity index (χ3n) is 1.74. The topological polar surface area (TPSA) is 12.9 Å².